The number of hydrogen-bond donors (Lipinski definition) is 1. The van der Waals surface area contributed by atoms with E-state index in [1.165, 1.54) is 19.3 Å². The Morgan fingerprint density at radius 3 is 2.70 bits per heavy atom. The molecule has 0 bridgehead atoms. The number of rotatable bonds is 5. The van der Waals surface area contributed by atoms with Crippen molar-refractivity contribution >= 4 is 0 Å². The van der Waals surface area contributed by atoms with Crippen molar-refractivity contribution in [3.8, 4) is 0 Å². The van der Waals surface area contributed by atoms with Crippen molar-refractivity contribution in [1.82, 2.24) is 15.3 Å². The van der Waals surface area contributed by atoms with Gasteiger partial charge in [0.1, 0.15) is 0 Å². The van der Waals surface area contributed by atoms with Crippen LogP contribution in [0.2, 0.25) is 0 Å². The van der Waals surface area contributed by atoms with Crippen molar-refractivity contribution in [3.05, 3.63) is 23.8 Å². The molecule has 1 aromatic rings. The Kier molecular flexibility index (Phi) is 3.78. The number of nitrogens with zero attached hydrogens (tertiary/aromatic N) is 2. The molecule has 1 N–H and O–H groups in total. The number of aryl methyl sites for hydroxylation is 1. The zero-order valence-electron chi connectivity index (χ0n) is 12.7. The predicted octanol–water partition coefficient (Wildman–Crippen LogP) is 2.12. The van der Waals surface area contributed by atoms with E-state index >= 15 is 0 Å². The standard InChI is InChI=1S/C16H25N3O/c1-11-9-19-13(10-18-11)5-8-17-14-12(2)15(20-3)16(14)6-4-7-16/h9-10,12,14-15,17H,4-8H2,1-3H3. The zero-order valence-corrected chi connectivity index (χ0v) is 12.7. The zero-order chi connectivity index (χ0) is 14.2. The quantitative estimate of drug-likeness (QED) is 0.894. The SMILES string of the molecule is COC1C(C)C(NCCc2cnc(C)cn2)C12CCC2. The highest BCUT2D eigenvalue weighted by molar-refractivity contribution is 5.15. The van der Waals surface area contributed by atoms with Crippen LogP contribution in [-0.2, 0) is 11.2 Å². The third kappa shape index (κ3) is 2.15. The monoisotopic (exact) mass is 275 g/mol. The average Bonchev–Trinajstić information content (AvgIpc) is 2.40. The van der Waals surface area contributed by atoms with E-state index in [-0.39, 0.29) is 0 Å². The minimum Gasteiger partial charge on any atom is -0.380 e. The number of hydrogen-bond acceptors (Lipinski definition) is 4. The molecule has 2 aliphatic carbocycles. The van der Waals surface area contributed by atoms with Crippen LogP contribution >= 0.6 is 0 Å². The van der Waals surface area contributed by atoms with Crippen LogP contribution in [0.15, 0.2) is 12.4 Å². The molecule has 3 rings (SSSR count). The summed E-state index contributed by atoms with van der Waals surface area (Å²) in [4.78, 5) is 8.71. The molecule has 2 fully saturated rings. The largest absolute Gasteiger partial charge is 0.380 e. The fraction of sp³-hybridized carbons (Fsp3) is 0.750. The van der Waals surface area contributed by atoms with Gasteiger partial charge in [0.15, 0.2) is 0 Å². The Balaban J connectivity index is 1.52. The maximum absolute atomic E-state index is 5.70. The smallest absolute Gasteiger partial charge is 0.0683 e. The first-order chi connectivity index (χ1) is 9.67. The van der Waals surface area contributed by atoms with Gasteiger partial charge in [-0.1, -0.05) is 13.3 Å². The molecule has 2 aliphatic rings. The van der Waals surface area contributed by atoms with Crippen molar-refractivity contribution in [2.24, 2.45) is 11.3 Å². The lowest BCUT2D eigenvalue weighted by atomic mass is 9.46. The highest BCUT2D eigenvalue weighted by atomic mass is 16.5. The predicted molar refractivity (Wildman–Crippen MR) is 78.5 cm³/mol. The molecule has 3 unspecified atom stereocenters. The van der Waals surface area contributed by atoms with E-state index in [1.807, 2.05) is 26.4 Å². The van der Waals surface area contributed by atoms with Crippen molar-refractivity contribution in [1.29, 1.82) is 0 Å². The second kappa shape index (κ2) is 5.41. The van der Waals surface area contributed by atoms with E-state index in [9.17, 15) is 0 Å². The molecule has 1 spiro atoms. The van der Waals surface area contributed by atoms with Gasteiger partial charge in [-0.25, -0.2) is 0 Å². The second-order valence-electron chi connectivity index (χ2n) is 6.43. The molecular weight excluding hydrogens is 250 g/mol. The molecule has 1 heterocycles. The Morgan fingerprint density at radius 1 is 1.35 bits per heavy atom. The van der Waals surface area contributed by atoms with Gasteiger partial charge in [0.05, 0.1) is 17.5 Å². The lowest BCUT2D eigenvalue weighted by Crippen LogP contribution is -2.72. The summed E-state index contributed by atoms with van der Waals surface area (Å²) in [7, 11) is 1.86. The van der Waals surface area contributed by atoms with Crippen LogP contribution in [0.1, 0.15) is 37.6 Å². The molecule has 110 valence electrons. The van der Waals surface area contributed by atoms with E-state index in [0.29, 0.717) is 23.5 Å². The Hall–Kier alpha value is -1.00. The summed E-state index contributed by atoms with van der Waals surface area (Å²) in [6, 6.07) is 0.611. The molecule has 3 atom stereocenters. The molecule has 0 radical (unpaired) electrons. The van der Waals surface area contributed by atoms with E-state index < -0.39 is 0 Å². The minimum atomic E-state index is 0.424. The van der Waals surface area contributed by atoms with Crippen LogP contribution < -0.4 is 5.32 Å². The van der Waals surface area contributed by atoms with Crippen molar-refractivity contribution in [2.75, 3.05) is 13.7 Å². The van der Waals surface area contributed by atoms with E-state index in [1.54, 1.807) is 0 Å². The van der Waals surface area contributed by atoms with Gasteiger partial charge in [-0.2, -0.15) is 0 Å². The van der Waals surface area contributed by atoms with Crippen LogP contribution in [0, 0.1) is 18.3 Å². The summed E-state index contributed by atoms with van der Waals surface area (Å²) < 4.78 is 5.70. The second-order valence-corrected chi connectivity index (χ2v) is 6.43. The molecule has 0 amide bonds. The highest BCUT2D eigenvalue weighted by Gasteiger charge is 2.62. The van der Waals surface area contributed by atoms with E-state index in [0.717, 1.165) is 24.4 Å². The van der Waals surface area contributed by atoms with Crippen LogP contribution in [0.3, 0.4) is 0 Å². The Morgan fingerprint density at radius 2 is 2.15 bits per heavy atom. The normalized spacial score (nSPS) is 30.9. The van der Waals surface area contributed by atoms with Crippen LogP contribution in [-0.4, -0.2) is 35.8 Å². The lowest BCUT2D eigenvalue weighted by molar-refractivity contribution is -0.201. The van der Waals surface area contributed by atoms with E-state index in [4.69, 9.17) is 4.74 Å². The summed E-state index contributed by atoms with van der Waals surface area (Å²) in [5, 5.41) is 3.74. The molecule has 2 saturated carbocycles. The number of aromatic nitrogens is 2. The highest BCUT2D eigenvalue weighted by Crippen LogP contribution is 2.59. The third-order valence-corrected chi connectivity index (χ3v) is 5.31. The molecule has 0 saturated heterocycles. The molecular formula is C16H25N3O. The summed E-state index contributed by atoms with van der Waals surface area (Å²) >= 11 is 0. The van der Waals surface area contributed by atoms with Gasteiger partial charge in [-0.15, -0.1) is 0 Å². The Bertz CT molecular complexity index is 455. The summed E-state index contributed by atoms with van der Waals surface area (Å²) in [5.74, 6) is 0.615. The molecule has 20 heavy (non-hydrogen) atoms. The lowest BCUT2D eigenvalue weighted by Gasteiger charge is -2.65. The maximum atomic E-state index is 5.70. The van der Waals surface area contributed by atoms with Crippen LogP contribution in [0.5, 0.6) is 0 Å². The third-order valence-electron chi connectivity index (χ3n) is 5.31. The first kappa shape index (κ1) is 14.0. The molecule has 4 nitrogen and oxygen atoms in total. The first-order valence-corrected chi connectivity index (χ1v) is 7.71. The van der Waals surface area contributed by atoms with Gasteiger partial charge < -0.3 is 10.1 Å². The molecule has 1 aromatic heterocycles. The number of methoxy groups -OCH3 is 1. The first-order valence-electron chi connectivity index (χ1n) is 7.71. The van der Waals surface area contributed by atoms with Crippen molar-refractivity contribution in [2.45, 2.75) is 51.7 Å². The van der Waals surface area contributed by atoms with Gasteiger partial charge in [-0.05, 0) is 25.7 Å². The molecule has 4 heteroatoms. The van der Waals surface area contributed by atoms with Crippen molar-refractivity contribution < 1.29 is 4.74 Å². The fourth-order valence-electron chi connectivity index (χ4n) is 4.20. The van der Waals surface area contributed by atoms with Crippen LogP contribution in [0.25, 0.3) is 0 Å². The van der Waals surface area contributed by atoms with Gasteiger partial charge in [0.2, 0.25) is 0 Å². The minimum absolute atomic E-state index is 0.424. The number of nitrogens with one attached hydrogen (secondary N) is 1. The number of ether oxygens (including phenoxy) is 1. The van der Waals surface area contributed by atoms with Gasteiger partial charge >= 0.3 is 0 Å². The molecule has 0 aliphatic heterocycles. The topological polar surface area (TPSA) is 47.0 Å². The maximum Gasteiger partial charge on any atom is 0.0683 e. The molecule has 0 aromatic carbocycles. The summed E-state index contributed by atoms with van der Waals surface area (Å²) in [5.41, 5.74) is 2.47. The van der Waals surface area contributed by atoms with Gasteiger partial charge in [-0.3, -0.25) is 9.97 Å². The van der Waals surface area contributed by atoms with Crippen molar-refractivity contribution in [3.63, 3.8) is 0 Å². The fourth-order valence-corrected chi connectivity index (χ4v) is 4.20. The van der Waals surface area contributed by atoms with Crippen LogP contribution in [0.4, 0.5) is 0 Å². The summed E-state index contributed by atoms with van der Waals surface area (Å²) in [6.45, 7) is 5.25. The van der Waals surface area contributed by atoms with E-state index in [2.05, 4.69) is 22.2 Å². The Labute approximate surface area is 121 Å². The van der Waals surface area contributed by atoms with Gasteiger partial charge in [0, 0.05) is 43.9 Å². The summed E-state index contributed by atoms with van der Waals surface area (Å²) in [6.07, 6.45) is 9.12. The average molecular weight is 275 g/mol. The van der Waals surface area contributed by atoms with Gasteiger partial charge in [0.25, 0.3) is 0 Å².